The number of hydrogen-bond acceptors (Lipinski definition) is 1. The molecule has 0 N–H and O–H groups in total. The van der Waals surface area contributed by atoms with Crippen molar-refractivity contribution in [2.75, 3.05) is 0 Å². The van der Waals surface area contributed by atoms with Crippen LogP contribution < -0.4 is 0 Å². The van der Waals surface area contributed by atoms with E-state index in [1.807, 2.05) is 0 Å². The lowest BCUT2D eigenvalue weighted by Crippen LogP contribution is -2.28. The van der Waals surface area contributed by atoms with Crippen molar-refractivity contribution >= 4 is 5.78 Å². The fourth-order valence-corrected chi connectivity index (χ4v) is 2.41. The molecule has 1 saturated carbocycles. The highest BCUT2D eigenvalue weighted by Crippen LogP contribution is 2.37. The van der Waals surface area contributed by atoms with E-state index < -0.39 is 0 Å². The van der Waals surface area contributed by atoms with Crippen molar-refractivity contribution in [2.24, 2.45) is 17.8 Å². The molecular weight excluding hydrogens is 136 g/mol. The number of carbonyl (C=O) groups excluding carboxylic acids is 1. The number of fused-ring (bicyclic) bond motifs is 2. The second kappa shape index (κ2) is 2.47. The summed E-state index contributed by atoms with van der Waals surface area (Å²) in [4.78, 5) is 11.3. The summed E-state index contributed by atoms with van der Waals surface area (Å²) in [6, 6.07) is 0. The summed E-state index contributed by atoms with van der Waals surface area (Å²) in [6.45, 7) is 2.26. The molecule has 0 aromatic heterocycles. The van der Waals surface area contributed by atoms with Crippen molar-refractivity contribution in [2.45, 2.75) is 26.2 Å². The van der Waals surface area contributed by atoms with Crippen molar-refractivity contribution in [1.82, 2.24) is 0 Å². The summed E-state index contributed by atoms with van der Waals surface area (Å²) < 4.78 is 0. The van der Waals surface area contributed by atoms with E-state index in [2.05, 4.69) is 13.0 Å². The van der Waals surface area contributed by atoms with Crippen LogP contribution in [0.2, 0.25) is 0 Å². The van der Waals surface area contributed by atoms with Gasteiger partial charge in [0.15, 0.2) is 5.78 Å². The minimum absolute atomic E-state index is 0.368. The van der Waals surface area contributed by atoms with Gasteiger partial charge < -0.3 is 0 Å². The fraction of sp³-hybridized carbons (Fsp3) is 0.700. The first kappa shape index (κ1) is 7.08. The molecule has 0 radical (unpaired) electrons. The van der Waals surface area contributed by atoms with E-state index >= 15 is 0 Å². The third kappa shape index (κ3) is 1.24. The maximum absolute atomic E-state index is 11.3. The first-order valence-corrected chi connectivity index (χ1v) is 4.47. The minimum atomic E-state index is 0.368. The van der Waals surface area contributed by atoms with Gasteiger partial charge in [0, 0.05) is 5.92 Å². The molecule has 2 rings (SSSR count). The van der Waals surface area contributed by atoms with Gasteiger partial charge in [-0.05, 0) is 37.2 Å². The molecule has 1 heteroatoms. The maximum Gasteiger partial charge on any atom is 0.158 e. The van der Waals surface area contributed by atoms with Crippen LogP contribution >= 0.6 is 0 Å². The second-order valence-electron chi connectivity index (χ2n) is 4.03. The lowest BCUT2D eigenvalue weighted by Gasteiger charge is -2.33. The number of rotatable bonds is 0. The third-order valence-electron chi connectivity index (χ3n) is 2.91. The van der Waals surface area contributed by atoms with Gasteiger partial charge in [-0.1, -0.05) is 13.0 Å². The second-order valence-corrected chi connectivity index (χ2v) is 4.03. The standard InChI is InChI=1S/C10H14O/c1-7-4-8-2-3-10(11)9(5-7)6-8/h2-3,7-9H,4-6H2,1H3. The zero-order valence-electron chi connectivity index (χ0n) is 6.92. The van der Waals surface area contributed by atoms with Crippen LogP contribution in [0.25, 0.3) is 0 Å². The quantitative estimate of drug-likeness (QED) is 0.517. The predicted octanol–water partition coefficient (Wildman–Crippen LogP) is 2.18. The van der Waals surface area contributed by atoms with Crippen LogP contribution in [0.5, 0.6) is 0 Å². The fourth-order valence-electron chi connectivity index (χ4n) is 2.41. The topological polar surface area (TPSA) is 17.1 Å². The first-order valence-electron chi connectivity index (χ1n) is 4.47. The molecule has 1 fully saturated rings. The van der Waals surface area contributed by atoms with Gasteiger partial charge in [0.25, 0.3) is 0 Å². The van der Waals surface area contributed by atoms with Gasteiger partial charge in [-0.15, -0.1) is 0 Å². The van der Waals surface area contributed by atoms with Crippen LogP contribution in [0.4, 0.5) is 0 Å². The highest BCUT2D eigenvalue weighted by molar-refractivity contribution is 5.92. The van der Waals surface area contributed by atoms with E-state index in [0.29, 0.717) is 17.6 Å². The Morgan fingerprint density at radius 1 is 1.36 bits per heavy atom. The normalized spacial score (nSPS) is 42.6. The summed E-state index contributed by atoms with van der Waals surface area (Å²) in [6.07, 6.45) is 7.44. The van der Waals surface area contributed by atoms with Gasteiger partial charge in [0.1, 0.15) is 0 Å². The molecular formula is C10H14O. The highest BCUT2D eigenvalue weighted by atomic mass is 16.1. The van der Waals surface area contributed by atoms with Crippen molar-refractivity contribution in [3.05, 3.63) is 12.2 Å². The molecule has 2 aliphatic carbocycles. The number of carbonyl (C=O) groups is 1. The van der Waals surface area contributed by atoms with Crippen LogP contribution in [0.1, 0.15) is 26.2 Å². The summed E-state index contributed by atoms with van der Waals surface area (Å²) in [7, 11) is 0. The van der Waals surface area contributed by atoms with E-state index in [9.17, 15) is 4.79 Å². The van der Waals surface area contributed by atoms with Crippen LogP contribution in [-0.4, -0.2) is 5.78 Å². The summed E-state index contributed by atoms with van der Waals surface area (Å²) in [5.41, 5.74) is 0. The molecule has 2 bridgehead atoms. The van der Waals surface area contributed by atoms with E-state index in [1.54, 1.807) is 6.08 Å². The largest absolute Gasteiger partial charge is 0.295 e. The average Bonchev–Trinajstić information content (AvgIpc) is 1.97. The third-order valence-corrected chi connectivity index (χ3v) is 2.91. The van der Waals surface area contributed by atoms with E-state index in [0.717, 1.165) is 18.8 Å². The van der Waals surface area contributed by atoms with Gasteiger partial charge in [-0.3, -0.25) is 4.79 Å². The molecule has 3 unspecified atom stereocenters. The van der Waals surface area contributed by atoms with Crippen molar-refractivity contribution < 1.29 is 4.79 Å². The van der Waals surface area contributed by atoms with E-state index in [1.165, 1.54) is 6.42 Å². The highest BCUT2D eigenvalue weighted by Gasteiger charge is 2.31. The van der Waals surface area contributed by atoms with Gasteiger partial charge in [-0.25, -0.2) is 0 Å². The van der Waals surface area contributed by atoms with Gasteiger partial charge in [0.2, 0.25) is 0 Å². The Kier molecular flexibility index (Phi) is 1.59. The van der Waals surface area contributed by atoms with E-state index in [4.69, 9.17) is 0 Å². The lowest BCUT2D eigenvalue weighted by molar-refractivity contribution is -0.120. The number of ketones is 1. The molecule has 0 aliphatic heterocycles. The molecule has 3 atom stereocenters. The van der Waals surface area contributed by atoms with E-state index in [-0.39, 0.29) is 0 Å². The molecule has 0 aromatic carbocycles. The molecule has 0 aromatic rings. The SMILES string of the molecule is CC1CC2C=CC(=O)C(C1)C2. The van der Waals surface area contributed by atoms with Crippen LogP contribution in [-0.2, 0) is 4.79 Å². The summed E-state index contributed by atoms with van der Waals surface area (Å²) in [5.74, 6) is 2.20. The van der Waals surface area contributed by atoms with Crippen molar-refractivity contribution in [1.29, 1.82) is 0 Å². The van der Waals surface area contributed by atoms with Gasteiger partial charge >= 0.3 is 0 Å². The number of allylic oxidation sites excluding steroid dienone is 2. The van der Waals surface area contributed by atoms with Crippen LogP contribution in [0.15, 0.2) is 12.2 Å². The Hall–Kier alpha value is -0.590. The Labute approximate surface area is 67.5 Å². The molecule has 0 amide bonds. The van der Waals surface area contributed by atoms with Crippen molar-refractivity contribution in [3.63, 3.8) is 0 Å². The Bertz CT molecular complexity index is 205. The molecule has 0 heterocycles. The van der Waals surface area contributed by atoms with Crippen LogP contribution in [0.3, 0.4) is 0 Å². The van der Waals surface area contributed by atoms with Gasteiger partial charge in [-0.2, -0.15) is 0 Å². The Balaban J connectivity index is 2.20. The van der Waals surface area contributed by atoms with Gasteiger partial charge in [0.05, 0.1) is 0 Å². The molecule has 0 spiro atoms. The molecule has 1 nitrogen and oxygen atoms in total. The molecule has 0 saturated heterocycles. The smallest absolute Gasteiger partial charge is 0.158 e. The maximum atomic E-state index is 11.3. The van der Waals surface area contributed by atoms with Crippen molar-refractivity contribution in [3.8, 4) is 0 Å². The Morgan fingerprint density at radius 3 is 3.00 bits per heavy atom. The zero-order valence-corrected chi connectivity index (χ0v) is 6.92. The molecule has 11 heavy (non-hydrogen) atoms. The first-order chi connectivity index (χ1) is 5.25. The Morgan fingerprint density at radius 2 is 2.18 bits per heavy atom. The summed E-state index contributed by atoms with van der Waals surface area (Å²) >= 11 is 0. The lowest BCUT2D eigenvalue weighted by atomic mass is 9.71. The number of hydrogen-bond donors (Lipinski definition) is 0. The summed E-state index contributed by atoms with van der Waals surface area (Å²) in [5, 5.41) is 0. The minimum Gasteiger partial charge on any atom is -0.295 e. The average molecular weight is 150 g/mol. The molecule has 60 valence electrons. The van der Waals surface area contributed by atoms with Crippen LogP contribution in [0, 0.1) is 17.8 Å². The molecule has 2 aliphatic rings. The monoisotopic (exact) mass is 150 g/mol. The zero-order chi connectivity index (χ0) is 7.84. The predicted molar refractivity (Wildman–Crippen MR) is 44.1 cm³/mol.